The lowest BCUT2D eigenvalue weighted by Gasteiger charge is -2.06. The first-order chi connectivity index (χ1) is 5.16. The second-order valence-corrected chi connectivity index (χ2v) is 3.80. The Morgan fingerprint density at radius 2 is 2.18 bits per heavy atom. The Bertz CT molecular complexity index is 115. The first-order valence-electron chi connectivity index (χ1n) is 3.95. The monoisotopic (exact) mass is 175 g/mol. The minimum atomic E-state index is 0.175. The fourth-order valence-electron chi connectivity index (χ4n) is 0.771. The zero-order valence-corrected chi connectivity index (χ0v) is 8.33. The average Bonchev–Trinajstić information content (AvgIpc) is 1.86. The molecule has 0 heterocycles. The Morgan fingerprint density at radius 1 is 1.55 bits per heavy atom. The second-order valence-electron chi connectivity index (χ2n) is 2.82. The van der Waals surface area contributed by atoms with Crippen molar-refractivity contribution in [2.75, 3.05) is 12.0 Å². The minimum absolute atomic E-state index is 0.175. The van der Waals surface area contributed by atoms with Crippen LogP contribution in [0.1, 0.15) is 26.7 Å². The summed E-state index contributed by atoms with van der Waals surface area (Å²) in [4.78, 5) is 11.0. The quantitative estimate of drug-likeness (QED) is 0.644. The maximum Gasteiger partial charge on any atom is 0.220 e. The third kappa shape index (κ3) is 7.72. The molecule has 0 aromatic rings. The number of carbonyl (C=O) groups excluding carboxylic acids is 1. The molecule has 3 heteroatoms. The molecule has 0 atom stereocenters. The highest BCUT2D eigenvalue weighted by Gasteiger charge is 2.01. The fraction of sp³-hybridized carbons (Fsp3) is 0.875. The fourth-order valence-corrected chi connectivity index (χ4v) is 1.20. The van der Waals surface area contributed by atoms with Crippen molar-refractivity contribution in [3.8, 4) is 0 Å². The van der Waals surface area contributed by atoms with Gasteiger partial charge in [-0.15, -0.1) is 0 Å². The number of nitrogens with one attached hydrogen (secondary N) is 1. The lowest BCUT2D eigenvalue weighted by molar-refractivity contribution is -0.121. The molecule has 66 valence electrons. The summed E-state index contributed by atoms with van der Waals surface area (Å²) in [6.07, 6.45) is 3.71. The van der Waals surface area contributed by atoms with E-state index in [4.69, 9.17) is 0 Å². The summed E-state index contributed by atoms with van der Waals surface area (Å²) in [6, 6.07) is 0.275. The molecule has 0 bridgehead atoms. The molecule has 0 aliphatic carbocycles. The van der Waals surface area contributed by atoms with Crippen molar-refractivity contribution < 1.29 is 4.79 Å². The van der Waals surface area contributed by atoms with Gasteiger partial charge >= 0.3 is 0 Å². The van der Waals surface area contributed by atoms with Gasteiger partial charge in [-0.1, -0.05) is 0 Å². The van der Waals surface area contributed by atoms with Crippen LogP contribution >= 0.6 is 11.8 Å². The van der Waals surface area contributed by atoms with Gasteiger partial charge in [0.05, 0.1) is 0 Å². The zero-order chi connectivity index (χ0) is 8.69. The van der Waals surface area contributed by atoms with E-state index in [9.17, 15) is 4.79 Å². The van der Waals surface area contributed by atoms with Crippen LogP contribution in [0.25, 0.3) is 0 Å². The molecule has 0 unspecified atom stereocenters. The highest BCUT2D eigenvalue weighted by molar-refractivity contribution is 7.98. The van der Waals surface area contributed by atoms with Crippen molar-refractivity contribution >= 4 is 17.7 Å². The Balaban J connectivity index is 3.23. The van der Waals surface area contributed by atoms with E-state index in [1.54, 1.807) is 11.8 Å². The number of carbonyl (C=O) groups is 1. The first kappa shape index (κ1) is 10.8. The molecule has 0 aromatic carbocycles. The van der Waals surface area contributed by atoms with E-state index in [0.717, 1.165) is 12.2 Å². The molecule has 11 heavy (non-hydrogen) atoms. The summed E-state index contributed by atoms with van der Waals surface area (Å²) in [5.74, 6) is 1.25. The third-order valence-electron chi connectivity index (χ3n) is 1.20. The van der Waals surface area contributed by atoms with Gasteiger partial charge < -0.3 is 5.32 Å². The van der Waals surface area contributed by atoms with E-state index >= 15 is 0 Å². The Labute approximate surface area is 73.1 Å². The largest absolute Gasteiger partial charge is 0.354 e. The van der Waals surface area contributed by atoms with Crippen LogP contribution in [0.2, 0.25) is 0 Å². The lowest BCUT2D eigenvalue weighted by Crippen LogP contribution is -2.29. The van der Waals surface area contributed by atoms with E-state index in [1.807, 2.05) is 13.8 Å². The number of hydrogen-bond acceptors (Lipinski definition) is 2. The zero-order valence-electron chi connectivity index (χ0n) is 7.52. The van der Waals surface area contributed by atoms with Crippen LogP contribution in [0.3, 0.4) is 0 Å². The highest BCUT2D eigenvalue weighted by Crippen LogP contribution is 1.98. The van der Waals surface area contributed by atoms with Crippen LogP contribution in [0.4, 0.5) is 0 Å². The van der Waals surface area contributed by atoms with Gasteiger partial charge in [0.25, 0.3) is 0 Å². The maximum atomic E-state index is 11.0. The predicted octanol–water partition coefficient (Wildman–Crippen LogP) is 1.65. The van der Waals surface area contributed by atoms with Gasteiger partial charge in [-0.05, 0) is 32.3 Å². The van der Waals surface area contributed by atoms with Crippen molar-refractivity contribution in [1.82, 2.24) is 5.32 Å². The molecule has 0 aliphatic rings. The van der Waals surface area contributed by atoms with Gasteiger partial charge in [0.15, 0.2) is 0 Å². The maximum absolute atomic E-state index is 11.0. The van der Waals surface area contributed by atoms with Gasteiger partial charge in [0.2, 0.25) is 5.91 Å². The Kier molecular flexibility index (Phi) is 6.42. The van der Waals surface area contributed by atoms with Crippen LogP contribution in [0.15, 0.2) is 0 Å². The molecule has 0 fully saturated rings. The first-order valence-corrected chi connectivity index (χ1v) is 5.34. The number of amides is 1. The van der Waals surface area contributed by atoms with Gasteiger partial charge in [0, 0.05) is 12.5 Å². The lowest BCUT2D eigenvalue weighted by atomic mass is 10.3. The molecule has 1 amide bonds. The van der Waals surface area contributed by atoms with Crippen LogP contribution in [0, 0.1) is 0 Å². The number of thioether (sulfide) groups is 1. The molecule has 0 saturated heterocycles. The molecule has 0 aliphatic heterocycles. The summed E-state index contributed by atoms with van der Waals surface area (Å²) in [5.41, 5.74) is 0. The molecule has 0 radical (unpaired) electrons. The Morgan fingerprint density at radius 3 is 2.64 bits per heavy atom. The van der Waals surface area contributed by atoms with Crippen LogP contribution in [0.5, 0.6) is 0 Å². The van der Waals surface area contributed by atoms with Gasteiger partial charge in [-0.3, -0.25) is 4.79 Å². The van der Waals surface area contributed by atoms with Crippen molar-refractivity contribution in [1.29, 1.82) is 0 Å². The van der Waals surface area contributed by atoms with Gasteiger partial charge in [-0.2, -0.15) is 11.8 Å². The van der Waals surface area contributed by atoms with E-state index < -0.39 is 0 Å². The highest BCUT2D eigenvalue weighted by atomic mass is 32.2. The molecule has 0 aromatic heterocycles. The van der Waals surface area contributed by atoms with Crippen molar-refractivity contribution in [3.05, 3.63) is 0 Å². The summed E-state index contributed by atoms with van der Waals surface area (Å²) >= 11 is 1.78. The van der Waals surface area contributed by atoms with E-state index in [-0.39, 0.29) is 11.9 Å². The van der Waals surface area contributed by atoms with E-state index in [0.29, 0.717) is 6.42 Å². The van der Waals surface area contributed by atoms with Crippen LogP contribution in [-0.4, -0.2) is 24.0 Å². The third-order valence-corrected chi connectivity index (χ3v) is 1.90. The standard InChI is InChI=1S/C8H17NOS/c1-7(2)9-8(10)5-4-6-11-3/h7H,4-6H2,1-3H3,(H,9,10). The number of rotatable bonds is 5. The van der Waals surface area contributed by atoms with Crippen molar-refractivity contribution in [2.24, 2.45) is 0 Å². The molecule has 1 N–H and O–H groups in total. The minimum Gasteiger partial charge on any atom is -0.354 e. The molecule has 2 nitrogen and oxygen atoms in total. The van der Waals surface area contributed by atoms with E-state index in [2.05, 4.69) is 11.6 Å². The molecule has 0 rings (SSSR count). The van der Waals surface area contributed by atoms with Crippen LogP contribution < -0.4 is 5.32 Å². The smallest absolute Gasteiger partial charge is 0.220 e. The topological polar surface area (TPSA) is 29.1 Å². The van der Waals surface area contributed by atoms with Gasteiger partial charge in [0.1, 0.15) is 0 Å². The van der Waals surface area contributed by atoms with Crippen molar-refractivity contribution in [3.63, 3.8) is 0 Å². The summed E-state index contributed by atoms with van der Waals surface area (Å²) in [5, 5.41) is 2.85. The summed E-state index contributed by atoms with van der Waals surface area (Å²) in [6.45, 7) is 3.96. The molecular weight excluding hydrogens is 158 g/mol. The Hall–Kier alpha value is -0.180. The van der Waals surface area contributed by atoms with E-state index in [1.165, 1.54) is 0 Å². The van der Waals surface area contributed by atoms with Crippen LogP contribution in [-0.2, 0) is 4.79 Å². The second kappa shape index (κ2) is 6.53. The number of hydrogen-bond donors (Lipinski definition) is 1. The molecule has 0 spiro atoms. The molecular formula is C8H17NOS. The van der Waals surface area contributed by atoms with Crippen molar-refractivity contribution in [2.45, 2.75) is 32.7 Å². The summed E-state index contributed by atoms with van der Waals surface area (Å²) < 4.78 is 0. The average molecular weight is 175 g/mol. The summed E-state index contributed by atoms with van der Waals surface area (Å²) in [7, 11) is 0. The normalized spacial score (nSPS) is 10.2. The molecule has 0 saturated carbocycles. The SMILES string of the molecule is CSCCCC(=O)NC(C)C. The van der Waals surface area contributed by atoms with Gasteiger partial charge in [-0.25, -0.2) is 0 Å². The predicted molar refractivity (Wildman–Crippen MR) is 50.9 cm³/mol.